The topological polar surface area (TPSA) is 26.3 Å². The maximum absolute atomic E-state index is 11.5. The first kappa shape index (κ1) is 8.24. The predicted octanol–water partition coefficient (Wildman–Crippen LogP) is 1.64. The molecule has 0 amide bonds. The van der Waals surface area contributed by atoms with Crippen LogP contribution in [0.2, 0.25) is 0 Å². The van der Waals surface area contributed by atoms with E-state index in [1.165, 1.54) is 12.8 Å². The lowest BCUT2D eigenvalue weighted by molar-refractivity contribution is -0.133. The van der Waals surface area contributed by atoms with Gasteiger partial charge in [0.15, 0.2) is 0 Å². The van der Waals surface area contributed by atoms with Gasteiger partial charge in [0.2, 0.25) is 0 Å². The van der Waals surface area contributed by atoms with Gasteiger partial charge in [0.05, 0.1) is 0 Å². The minimum Gasteiger partial charge on any atom is -0.384 e. The molecule has 0 spiro atoms. The number of Topliss-reactive ketones (excluding diaryl/α,β-unsaturated/α-hetero) is 1. The third-order valence-electron chi connectivity index (χ3n) is 3.38. The molecule has 0 aromatic carbocycles. The summed E-state index contributed by atoms with van der Waals surface area (Å²) in [7, 11) is 1.73. The van der Waals surface area contributed by atoms with E-state index in [-0.39, 0.29) is 0 Å². The van der Waals surface area contributed by atoms with Gasteiger partial charge in [0.25, 0.3) is 0 Å². The first-order chi connectivity index (χ1) is 5.81. The normalized spacial score (nSPS) is 40.4. The number of rotatable bonds is 2. The summed E-state index contributed by atoms with van der Waals surface area (Å²) in [6.45, 7) is 0.785. The number of carbonyl (C=O) groups is 1. The summed E-state index contributed by atoms with van der Waals surface area (Å²) < 4.78 is 5.13. The number of ketones is 1. The molecule has 0 aromatic heterocycles. The highest BCUT2D eigenvalue weighted by atomic mass is 16.5. The predicted molar refractivity (Wildman–Crippen MR) is 45.8 cm³/mol. The molecule has 2 nitrogen and oxygen atoms in total. The smallest absolute Gasteiger partial charge is 0.136 e. The molecule has 68 valence electrons. The molecule has 2 heteroatoms. The number of hydrogen-bond donors (Lipinski definition) is 0. The van der Waals surface area contributed by atoms with E-state index in [4.69, 9.17) is 4.74 Å². The molecule has 0 radical (unpaired) electrons. The van der Waals surface area contributed by atoms with Crippen LogP contribution in [0.1, 0.15) is 25.7 Å². The van der Waals surface area contributed by atoms with Crippen LogP contribution in [0.5, 0.6) is 0 Å². The molecule has 3 rings (SSSR count). The van der Waals surface area contributed by atoms with Gasteiger partial charge in [-0.05, 0) is 31.1 Å². The van der Waals surface area contributed by atoms with Gasteiger partial charge in [-0.2, -0.15) is 0 Å². The molecule has 0 heterocycles. The Morgan fingerprint density at radius 3 is 2.92 bits per heavy atom. The Balaban J connectivity index is 2.04. The van der Waals surface area contributed by atoms with Crippen molar-refractivity contribution in [2.75, 3.05) is 13.7 Å². The molecular formula is C10H16O2. The first-order valence-corrected chi connectivity index (χ1v) is 4.83. The minimum absolute atomic E-state index is 0.343. The summed E-state index contributed by atoms with van der Waals surface area (Å²) in [5, 5.41) is 0. The summed E-state index contributed by atoms with van der Waals surface area (Å²) in [6.07, 6.45) is 4.48. The molecule has 2 bridgehead atoms. The van der Waals surface area contributed by atoms with E-state index >= 15 is 0 Å². The molecule has 0 aromatic rings. The Hall–Kier alpha value is -0.370. The summed E-state index contributed by atoms with van der Waals surface area (Å²) in [4.78, 5) is 11.5. The minimum atomic E-state index is 0.343. The summed E-state index contributed by atoms with van der Waals surface area (Å²) >= 11 is 0. The second-order valence-electron chi connectivity index (χ2n) is 4.17. The Labute approximate surface area is 73.3 Å². The van der Waals surface area contributed by atoms with Crippen molar-refractivity contribution >= 4 is 5.78 Å². The first-order valence-electron chi connectivity index (χ1n) is 4.83. The second-order valence-corrected chi connectivity index (χ2v) is 4.17. The van der Waals surface area contributed by atoms with Gasteiger partial charge in [-0.1, -0.05) is 0 Å². The third kappa shape index (κ3) is 1.28. The zero-order chi connectivity index (χ0) is 8.55. The monoisotopic (exact) mass is 168 g/mol. The molecule has 0 N–H and O–H groups in total. The van der Waals surface area contributed by atoms with Crippen LogP contribution in [0.15, 0.2) is 0 Å². The fraction of sp³-hybridized carbons (Fsp3) is 0.900. The fourth-order valence-corrected chi connectivity index (χ4v) is 2.80. The van der Waals surface area contributed by atoms with Gasteiger partial charge in [0.1, 0.15) is 5.78 Å². The summed E-state index contributed by atoms with van der Waals surface area (Å²) in [5.41, 5.74) is 0. The van der Waals surface area contributed by atoms with Crippen LogP contribution in [0.25, 0.3) is 0 Å². The van der Waals surface area contributed by atoms with Crippen molar-refractivity contribution in [1.29, 1.82) is 0 Å². The molecular weight excluding hydrogens is 152 g/mol. The molecule has 3 aliphatic carbocycles. The Kier molecular flexibility index (Phi) is 2.18. The lowest BCUT2D eigenvalue weighted by atomic mass is 9.64. The van der Waals surface area contributed by atoms with Crippen molar-refractivity contribution in [1.82, 2.24) is 0 Å². The van der Waals surface area contributed by atoms with E-state index < -0.39 is 0 Å². The highest BCUT2D eigenvalue weighted by molar-refractivity contribution is 5.83. The Bertz CT molecular complexity index is 188. The SMILES string of the molecule is COCC1CC2CCC1C(=O)C2. The van der Waals surface area contributed by atoms with E-state index in [2.05, 4.69) is 0 Å². The van der Waals surface area contributed by atoms with E-state index in [9.17, 15) is 4.79 Å². The number of fused-ring (bicyclic) bond motifs is 3. The van der Waals surface area contributed by atoms with Crippen LogP contribution in [0.3, 0.4) is 0 Å². The zero-order valence-electron chi connectivity index (χ0n) is 7.58. The molecule has 12 heavy (non-hydrogen) atoms. The van der Waals surface area contributed by atoms with Crippen LogP contribution in [-0.2, 0) is 9.53 Å². The lowest BCUT2D eigenvalue weighted by Crippen LogP contribution is -2.40. The molecule has 3 fully saturated rings. The number of hydrogen-bond acceptors (Lipinski definition) is 2. The van der Waals surface area contributed by atoms with E-state index in [1.54, 1.807) is 7.11 Å². The second kappa shape index (κ2) is 3.17. The third-order valence-corrected chi connectivity index (χ3v) is 3.38. The van der Waals surface area contributed by atoms with Crippen molar-refractivity contribution in [3.8, 4) is 0 Å². The van der Waals surface area contributed by atoms with Crippen LogP contribution in [-0.4, -0.2) is 19.5 Å². The van der Waals surface area contributed by atoms with Gasteiger partial charge in [-0.3, -0.25) is 4.79 Å². The maximum atomic E-state index is 11.5. The van der Waals surface area contributed by atoms with Gasteiger partial charge in [0, 0.05) is 26.1 Å². The number of carbonyl (C=O) groups excluding carboxylic acids is 1. The lowest BCUT2D eigenvalue weighted by Gasteiger charge is -2.40. The van der Waals surface area contributed by atoms with Gasteiger partial charge in [-0.15, -0.1) is 0 Å². The summed E-state index contributed by atoms with van der Waals surface area (Å²) in [5.74, 6) is 2.06. The largest absolute Gasteiger partial charge is 0.384 e. The van der Waals surface area contributed by atoms with Gasteiger partial charge < -0.3 is 4.74 Å². The Morgan fingerprint density at radius 1 is 1.50 bits per heavy atom. The molecule has 3 atom stereocenters. The highest BCUT2D eigenvalue weighted by Crippen LogP contribution is 2.42. The maximum Gasteiger partial charge on any atom is 0.136 e. The molecule has 3 saturated carbocycles. The van der Waals surface area contributed by atoms with E-state index in [0.29, 0.717) is 23.5 Å². The van der Waals surface area contributed by atoms with Crippen molar-refractivity contribution in [2.24, 2.45) is 17.8 Å². The standard InChI is InChI=1S/C10H16O2/c1-12-6-8-4-7-2-3-9(8)10(11)5-7/h7-9H,2-6H2,1H3. The average molecular weight is 168 g/mol. The number of methoxy groups -OCH3 is 1. The quantitative estimate of drug-likeness (QED) is 0.626. The fourth-order valence-electron chi connectivity index (χ4n) is 2.80. The average Bonchev–Trinajstić information content (AvgIpc) is 2.05. The van der Waals surface area contributed by atoms with Gasteiger partial charge in [-0.25, -0.2) is 0 Å². The van der Waals surface area contributed by atoms with E-state index in [0.717, 1.165) is 19.4 Å². The highest BCUT2D eigenvalue weighted by Gasteiger charge is 2.40. The molecule has 0 aliphatic heterocycles. The van der Waals surface area contributed by atoms with Crippen molar-refractivity contribution in [2.45, 2.75) is 25.7 Å². The van der Waals surface area contributed by atoms with Crippen molar-refractivity contribution in [3.63, 3.8) is 0 Å². The van der Waals surface area contributed by atoms with E-state index in [1.807, 2.05) is 0 Å². The molecule has 3 unspecified atom stereocenters. The van der Waals surface area contributed by atoms with Crippen LogP contribution < -0.4 is 0 Å². The zero-order valence-corrected chi connectivity index (χ0v) is 7.58. The van der Waals surface area contributed by atoms with Crippen molar-refractivity contribution in [3.05, 3.63) is 0 Å². The van der Waals surface area contributed by atoms with Crippen LogP contribution >= 0.6 is 0 Å². The molecule has 3 aliphatic rings. The Morgan fingerprint density at radius 2 is 2.33 bits per heavy atom. The van der Waals surface area contributed by atoms with Crippen LogP contribution in [0, 0.1) is 17.8 Å². The van der Waals surface area contributed by atoms with Crippen LogP contribution in [0.4, 0.5) is 0 Å². The van der Waals surface area contributed by atoms with Crippen molar-refractivity contribution < 1.29 is 9.53 Å². The molecule has 0 saturated heterocycles. The number of ether oxygens (including phenoxy) is 1. The van der Waals surface area contributed by atoms with Gasteiger partial charge >= 0.3 is 0 Å². The summed E-state index contributed by atoms with van der Waals surface area (Å²) in [6, 6.07) is 0.